The van der Waals surface area contributed by atoms with E-state index in [1.807, 2.05) is 26.8 Å². The minimum atomic E-state index is -0.982. The van der Waals surface area contributed by atoms with Crippen LogP contribution >= 0.6 is 23.1 Å². The lowest BCUT2D eigenvalue weighted by Crippen LogP contribution is -2.29. The van der Waals surface area contributed by atoms with Gasteiger partial charge in [-0.05, 0) is 74.2 Å². The van der Waals surface area contributed by atoms with Crippen molar-refractivity contribution in [2.24, 2.45) is 0 Å². The van der Waals surface area contributed by atoms with Gasteiger partial charge in [0.2, 0.25) is 5.13 Å². The van der Waals surface area contributed by atoms with E-state index >= 15 is 0 Å². The zero-order valence-corrected chi connectivity index (χ0v) is 29.2. The fraction of sp³-hybridized carbons (Fsp3) is 0.351. The summed E-state index contributed by atoms with van der Waals surface area (Å²) in [7, 11) is 0. The molecule has 0 spiro atoms. The SMILES string of the molecule is CCCCCOc1ccc([C@@H]2/C(=C(\O)c3ccc4c(c3)C[C@@H](C)O4)C(=O)C(=O)N2c2nnc(SCc3ccc(C)cc3)s2)cc1OCC. The molecule has 1 fully saturated rings. The summed E-state index contributed by atoms with van der Waals surface area (Å²) in [6, 6.07) is 18.0. The number of hydrogen-bond donors (Lipinski definition) is 1. The van der Waals surface area contributed by atoms with E-state index < -0.39 is 17.7 Å². The summed E-state index contributed by atoms with van der Waals surface area (Å²) in [5, 5.41) is 20.8. The first-order valence-corrected chi connectivity index (χ1v) is 18.1. The Hall–Kier alpha value is -4.35. The quantitative estimate of drug-likeness (QED) is 0.0373. The third-order valence-corrected chi connectivity index (χ3v) is 10.4. The molecule has 3 heterocycles. The second-order valence-corrected chi connectivity index (χ2v) is 14.1. The maximum absolute atomic E-state index is 13.9. The van der Waals surface area contributed by atoms with E-state index in [-0.39, 0.29) is 22.6 Å². The number of ketones is 1. The Morgan fingerprint density at radius 1 is 1.02 bits per heavy atom. The van der Waals surface area contributed by atoms with Crippen molar-refractivity contribution in [1.29, 1.82) is 0 Å². The zero-order chi connectivity index (χ0) is 33.8. The number of aryl methyl sites for hydroxylation is 1. The highest BCUT2D eigenvalue weighted by Gasteiger charge is 2.48. The highest BCUT2D eigenvalue weighted by Crippen LogP contribution is 2.46. The second kappa shape index (κ2) is 14.8. The van der Waals surface area contributed by atoms with Crippen LogP contribution in [0.15, 0.2) is 70.6 Å². The van der Waals surface area contributed by atoms with E-state index in [0.29, 0.717) is 52.4 Å². The van der Waals surface area contributed by atoms with Crippen molar-refractivity contribution >= 4 is 45.7 Å². The minimum absolute atomic E-state index is 0.0122. The van der Waals surface area contributed by atoms with Gasteiger partial charge in [0, 0.05) is 17.7 Å². The number of carbonyl (C=O) groups excluding carboxylic acids is 2. The highest BCUT2D eigenvalue weighted by atomic mass is 32.2. The van der Waals surface area contributed by atoms with Crippen LogP contribution in [0.3, 0.4) is 0 Å². The molecule has 2 atom stereocenters. The van der Waals surface area contributed by atoms with Crippen LogP contribution in [0.1, 0.15) is 73.9 Å². The van der Waals surface area contributed by atoms with Gasteiger partial charge in [0.15, 0.2) is 15.8 Å². The predicted octanol–water partition coefficient (Wildman–Crippen LogP) is 8.06. The number of aliphatic hydroxyl groups excluding tert-OH is 1. The van der Waals surface area contributed by atoms with Gasteiger partial charge in [0.25, 0.3) is 5.78 Å². The number of ether oxygens (including phenoxy) is 3. The number of nitrogens with zero attached hydrogens (tertiary/aromatic N) is 3. The van der Waals surface area contributed by atoms with Crippen LogP contribution in [0, 0.1) is 6.92 Å². The van der Waals surface area contributed by atoms with Gasteiger partial charge in [-0.15, -0.1) is 10.2 Å². The van der Waals surface area contributed by atoms with Gasteiger partial charge in [0.05, 0.1) is 24.8 Å². The van der Waals surface area contributed by atoms with Gasteiger partial charge < -0.3 is 19.3 Å². The van der Waals surface area contributed by atoms with Crippen molar-refractivity contribution in [3.05, 3.63) is 94.1 Å². The number of aromatic nitrogens is 2. The van der Waals surface area contributed by atoms with Crippen LogP contribution in [0.4, 0.5) is 5.13 Å². The lowest BCUT2D eigenvalue weighted by Gasteiger charge is -2.23. The zero-order valence-electron chi connectivity index (χ0n) is 27.5. The maximum atomic E-state index is 13.9. The predicted molar refractivity (Wildman–Crippen MR) is 188 cm³/mol. The molecule has 48 heavy (non-hydrogen) atoms. The summed E-state index contributed by atoms with van der Waals surface area (Å²) in [6.07, 6.45) is 3.73. The molecule has 9 nitrogen and oxygen atoms in total. The monoisotopic (exact) mass is 685 g/mol. The van der Waals surface area contributed by atoms with Crippen LogP contribution < -0.4 is 19.1 Å². The normalized spacial score (nSPS) is 18.2. The number of amides is 1. The number of carbonyl (C=O) groups is 2. The lowest BCUT2D eigenvalue weighted by atomic mass is 9.94. The molecule has 0 bridgehead atoms. The van der Waals surface area contributed by atoms with Crippen molar-refractivity contribution < 1.29 is 28.9 Å². The Bertz CT molecular complexity index is 1840. The molecular formula is C37H39N3O6S2. The summed E-state index contributed by atoms with van der Waals surface area (Å²) in [4.78, 5) is 29.1. The number of aliphatic hydroxyl groups is 1. The first kappa shape index (κ1) is 33.5. The third-order valence-electron chi connectivity index (χ3n) is 8.29. The molecule has 6 rings (SSSR count). The summed E-state index contributed by atoms with van der Waals surface area (Å²) < 4.78 is 18.5. The van der Waals surface area contributed by atoms with Gasteiger partial charge in [0.1, 0.15) is 17.6 Å². The summed E-state index contributed by atoms with van der Waals surface area (Å²) in [6.45, 7) is 8.98. The fourth-order valence-corrected chi connectivity index (χ4v) is 7.70. The number of fused-ring (bicyclic) bond motifs is 1. The van der Waals surface area contributed by atoms with Crippen LogP contribution in [0.2, 0.25) is 0 Å². The summed E-state index contributed by atoms with van der Waals surface area (Å²) in [5.74, 6) is 0.638. The van der Waals surface area contributed by atoms with E-state index in [0.717, 1.165) is 36.1 Å². The molecule has 1 N–H and O–H groups in total. The number of Topliss-reactive ketones (excluding diaryl/α,β-unsaturated/α-hetero) is 1. The molecule has 1 aromatic heterocycles. The fourth-order valence-electron chi connectivity index (χ4n) is 5.87. The lowest BCUT2D eigenvalue weighted by molar-refractivity contribution is -0.132. The smallest absolute Gasteiger partial charge is 0.301 e. The van der Waals surface area contributed by atoms with Gasteiger partial charge >= 0.3 is 5.91 Å². The first-order valence-electron chi connectivity index (χ1n) is 16.3. The van der Waals surface area contributed by atoms with Gasteiger partial charge in [-0.2, -0.15) is 0 Å². The molecule has 3 aromatic carbocycles. The molecule has 2 aliphatic rings. The molecular weight excluding hydrogens is 647 g/mol. The molecule has 2 aliphatic heterocycles. The molecule has 11 heteroatoms. The maximum Gasteiger partial charge on any atom is 0.301 e. The molecule has 0 saturated carbocycles. The van der Waals surface area contributed by atoms with E-state index in [2.05, 4.69) is 41.4 Å². The van der Waals surface area contributed by atoms with Crippen LogP contribution in [-0.4, -0.2) is 46.3 Å². The van der Waals surface area contributed by atoms with E-state index in [1.54, 1.807) is 30.3 Å². The van der Waals surface area contributed by atoms with Crippen molar-refractivity contribution in [3.8, 4) is 17.2 Å². The molecule has 4 aromatic rings. The molecule has 0 aliphatic carbocycles. The Morgan fingerprint density at radius 3 is 2.60 bits per heavy atom. The number of thioether (sulfide) groups is 1. The van der Waals surface area contributed by atoms with Crippen molar-refractivity contribution in [2.45, 2.75) is 75.6 Å². The average molecular weight is 686 g/mol. The average Bonchev–Trinajstić information content (AvgIpc) is 3.77. The molecule has 250 valence electrons. The Morgan fingerprint density at radius 2 is 1.83 bits per heavy atom. The number of unbranched alkanes of at least 4 members (excludes halogenated alkanes) is 2. The molecule has 0 unspecified atom stereocenters. The molecule has 0 radical (unpaired) electrons. The van der Waals surface area contributed by atoms with E-state index in [9.17, 15) is 14.7 Å². The number of benzene rings is 3. The Balaban J connectivity index is 1.39. The first-order chi connectivity index (χ1) is 23.3. The summed E-state index contributed by atoms with van der Waals surface area (Å²) >= 11 is 2.74. The van der Waals surface area contributed by atoms with E-state index in [1.165, 1.54) is 33.6 Å². The Labute approximate surface area is 288 Å². The topological polar surface area (TPSA) is 111 Å². The van der Waals surface area contributed by atoms with Crippen molar-refractivity contribution in [1.82, 2.24) is 10.2 Å². The minimum Gasteiger partial charge on any atom is -0.507 e. The molecule has 1 amide bonds. The molecule has 1 saturated heterocycles. The number of rotatable bonds is 13. The number of hydrogen-bond acceptors (Lipinski definition) is 10. The van der Waals surface area contributed by atoms with Gasteiger partial charge in [-0.3, -0.25) is 14.5 Å². The second-order valence-electron chi connectivity index (χ2n) is 11.9. The van der Waals surface area contributed by atoms with Gasteiger partial charge in [-0.25, -0.2) is 0 Å². The number of anilines is 1. The standard InChI is InChI=1S/C37H39N3O6S2/c1-5-7-8-17-45-29-16-13-25(20-30(29)44-6-2)32-31(33(41)26-14-15-28-27(19-26)18-23(4)46-28)34(42)35(43)40(32)36-38-39-37(48-36)47-21-24-11-9-22(3)10-12-24/h9-16,19-20,23,32,41H,5-8,17-18,21H2,1-4H3/b33-31+/t23-,32-/m1/s1. The Kier molecular flexibility index (Phi) is 10.4. The van der Waals surface area contributed by atoms with Crippen LogP contribution in [0.5, 0.6) is 17.2 Å². The third kappa shape index (κ3) is 7.07. The largest absolute Gasteiger partial charge is 0.507 e. The van der Waals surface area contributed by atoms with Crippen molar-refractivity contribution in [2.75, 3.05) is 18.1 Å². The van der Waals surface area contributed by atoms with Crippen LogP contribution in [0.25, 0.3) is 5.76 Å². The summed E-state index contributed by atoms with van der Waals surface area (Å²) in [5.41, 5.74) is 4.22. The van der Waals surface area contributed by atoms with Crippen LogP contribution in [-0.2, 0) is 21.8 Å². The van der Waals surface area contributed by atoms with Crippen molar-refractivity contribution in [3.63, 3.8) is 0 Å². The highest BCUT2D eigenvalue weighted by molar-refractivity contribution is 8.00. The van der Waals surface area contributed by atoms with E-state index in [4.69, 9.17) is 14.2 Å². The van der Waals surface area contributed by atoms with Gasteiger partial charge in [-0.1, -0.05) is 78.8 Å².